The van der Waals surface area contributed by atoms with E-state index in [0.29, 0.717) is 11.0 Å². The van der Waals surface area contributed by atoms with Crippen LogP contribution in [0.2, 0.25) is 0 Å². The van der Waals surface area contributed by atoms with Crippen LogP contribution < -0.4 is 10.5 Å². The molecule has 1 aromatic heterocycles. The first-order chi connectivity index (χ1) is 9.90. The summed E-state index contributed by atoms with van der Waals surface area (Å²) >= 11 is 3.36. The number of primary sulfonamides is 1. The fourth-order valence-corrected chi connectivity index (χ4v) is 3.22. The number of rotatable bonds is 6. The predicted molar refractivity (Wildman–Crippen MR) is 87.6 cm³/mol. The molecule has 0 unspecified atom stereocenters. The van der Waals surface area contributed by atoms with E-state index in [0.717, 1.165) is 18.7 Å². The fourth-order valence-electron chi connectivity index (χ4n) is 2.01. The topological polar surface area (TPSA) is 77.1 Å². The Labute approximate surface area is 133 Å². The van der Waals surface area contributed by atoms with Crippen molar-refractivity contribution in [1.29, 1.82) is 0 Å². The number of hydrogen-bond acceptors (Lipinski definition) is 3. The fraction of sp³-hybridized carbons (Fsp3) is 0.286. The molecule has 114 valence electrons. The van der Waals surface area contributed by atoms with Crippen molar-refractivity contribution in [3.8, 4) is 0 Å². The van der Waals surface area contributed by atoms with Gasteiger partial charge in [0.1, 0.15) is 0 Å². The maximum atomic E-state index is 11.3. The van der Waals surface area contributed by atoms with Crippen LogP contribution in [0, 0.1) is 0 Å². The van der Waals surface area contributed by atoms with Crippen LogP contribution in [0.3, 0.4) is 0 Å². The Morgan fingerprint density at radius 3 is 2.71 bits per heavy atom. The lowest BCUT2D eigenvalue weighted by Gasteiger charge is -2.09. The number of nitrogens with zero attached hydrogens (tertiary/aromatic N) is 1. The third kappa shape index (κ3) is 4.33. The van der Waals surface area contributed by atoms with Gasteiger partial charge in [-0.25, -0.2) is 13.6 Å². The highest BCUT2D eigenvalue weighted by molar-refractivity contribution is 9.10. The molecule has 0 fully saturated rings. The number of halogens is 1. The predicted octanol–water partition coefficient (Wildman–Crippen LogP) is 2.92. The normalized spacial score (nSPS) is 11.6. The molecule has 1 heterocycles. The molecule has 0 bridgehead atoms. The molecule has 5 nitrogen and oxygen atoms in total. The van der Waals surface area contributed by atoms with Crippen molar-refractivity contribution < 1.29 is 8.42 Å². The molecule has 0 aliphatic carbocycles. The summed E-state index contributed by atoms with van der Waals surface area (Å²) in [6, 6.07) is 6.76. The summed E-state index contributed by atoms with van der Waals surface area (Å²) < 4.78 is 25.4. The number of nitrogens with one attached hydrogen (secondary N) is 1. The summed E-state index contributed by atoms with van der Waals surface area (Å²) in [5.74, 6) is 0. The van der Waals surface area contributed by atoms with Gasteiger partial charge in [-0.2, -0.15) is 0 Å². The third-order valence-electron chi connectivity index (χ3n) is 3.05. The SMILES string of the molecule is CCCn1ccc(CNc2ccc(S(N)(=O)=O)cc2Br)c1. The van der Waals surface area contributed by atoms with Crippen LogP contribution in [0.15, 0.2) is 46.0 Å². The summed E-state index contributed by atoms with van der Waals surface area (Å²) in [5.41, 5.74) is 2.00. The summed E-state index contributed by atoms with van der Waals surface area (Å²) in [7, 11) is -3.67. The molecule has 7 heteroatoms. The van der Waals surface area contributed by atoms with Crippen LogP contribution in [0.1, 0.15) is 18.9 Å². The number of aryl methyl sites for hydroxylation is 1. The van der Waals surface area contributed by atoms with Crippen LogP contribution in [0.25, 0.3) is 0 Å². The maximum absolute atomic E-state index is 11.3. The summed E-state index contributed by atoms with van der Waals surface area (Å²) in [6.07, 6.45) is 5.25. The molecule has 0 amide bonds. The van der Waals surface area contributed by atoms with Gasteiger partial charge in [0, 0.05) is 35.6 Å². The zero-order valence-corrected chi connectivity index (χ0v) is 14.1. The highest BCUT2D eigenvalue weighted by Gasteiger charge is 2.10. The molecular weight excluding hydrogens is 354 g/mol. The number of benzene rings is 1. The standard InChI is InChI=1S/C14H18BrN3O2S/c1-2-6-18-7-5-11(10-18)9-17-14-4-3-12(8-13(14)15)21(16,19)20/h3-5,7-8,10,17H,2,6,9H2,1H3,(H2,16,19,20). The van der Waals surface area contributed by atoms with E-state index < -0.39 is 10.0 Å². The van der Waals surface area contributed by atoms with E-state index >= 15 is 0 Å². The molecular formula is C14H18BrN3O2S. The van der Waals surface area contributed by atoms with Crippen molar-refractivity contribution in [3.63, 3.8) is 0 Å². The lowest BCUT2D eigenvalue weighted by molar-refractivity contribution is 0.598. The zero-order chi connectivity index (χ0) is 15.5. The molecule has 3 N–H and O–H groups in total. The van der Waals surface area contributed by atoms with E-state index in [1.807, 2.05) is 0 Å². The van der Waals surface area contributed by atoms with Gasteiger partial charge in [0.25, 0.3) is 0 Å². The van der Waals surface area contributed by atoms with E-state index in [-0.39, 0.29) is 4.90 Å². The van der Waals surface area contributed by atoms with Crippen LogP contribution in [0.4, 0.5) is 5.69 Å². The summed E-state index contributed by atoms with van der Waals surface area (Å²) in [5, 5.41) is 8.37. The largest absolute Gasteiger partial charge is 0.380 e. The molecule has 0 aliphatic heterocycles. The minimum Gasteiger partial charge on any atom is -0.380 e. The second kappa shape index (κ2) is 6.64. The first-order valence-corrected chi connectivity index (χ1v) is 8.95. The van der Waals surface area contributed by atoms with Crippen LogP contribution >= 0.6 is 15.9 Å². The average Bonchev–Trinajstić information content (AvgIpc) is 2.84. The first kappa shape index (κ1) is 16.1. The minimum absolute atomic E-state index is 0.0917. The molecule has 0 saturated carbocycles. The molecule has 0 saturated heterocycles. The molecule has 0 radical (unpaired) electrons. The van der Waals surface area contributed by atoms with Crippen molar-refractivity contribution in [3.05, 3.63) is 46.7 Å². The van der Waals surface area contributed by atoms with Crippen molar-refractivity contribution >= 4 is 31.6 Å². The van der Waals surface area contributed by atoms with Gasteiger partial charge in [-0.15, -0.1) is 0 Å². The van der Waals surface area contributed by atoms with Gasteiger partial charge in [-0.05, 0) is 52.2 Å². The molecule has 1 aromatic carbocycles. The maximum Gasteiger partial charge on any atom is 0.238 e. The Hall–Kier alpha value is -1.31. The Bertz CT molecular complexity index is 726. The van der Waals surface area contributed by atoms with Gasteiger partial charge < -0.3 is 9.88 Å². The Morgan fingerprint density at radius 2 is 2.10 bits per heavy atom. The van der Waals surface area contributed by atoms with Crippen LogP contribution in [0.5, 0.6) is 0 Å². The quantitative estimate of drug-likeness (QED) is 0.819. The summed E-state index contributed by atoms with van der Waals surface area (Å²) in [4.78, 5) is 0.0917. The molecule has 0 aliphatic rings. The molecule has 2 aromatic rings. The summed E-state index contributed by atoms with van der Waals surface area (Å²) in [6.45, 7) is 3.82. The second-order valence-corrected chi connectivity index (χ2v) is 7.21. The van der Waals surface area contributed by atoms with E-state index in [2.05, 4.69) is 51.2 Å². The average molecular weight is 372 g/mol. The number of nitrogens with two attached hydrogens (primary N) is 1. The molecule has 0 atom stereocenters. The van der Waals surface area contributed by atoms with Gasteiger partial charge in [0.2, 0.25) is 10.0 Å². The monoisotopic (exact) mass is 371 g/mol. The second-order valence-electron chi connectivity index (χ2n) is 4.80. The lowest BCUT2D eigenvalue weighted by Crippen LogP contribution is -2.12. The highest BCUT2D eigenvalue weighted by atomic mass is 79.9. The smallest absolute Gasteiger partial charge is 0.238 e. The first-order valence-electron chi connectivity index (χ1n) is 6.61. The molecule has 2 rings (SSSR count). The van der Waals surface area contributed by atoms with E-state index in [4.69, 9.17) is 5.14 Å². The van der Waals surface area contributed by atoms with Crippen LogP contribution in [-0.2, 0) is 23.1 Å². The van der Waals surface area contributed by atoms with Gasteiger partial charge in [-0.3, -0.25) is 0 Å². The van der Waals surface area contributed by atoms with Gasteiger partial charge in [-0.1, -0.05) is 6.92 Å². The Kier molecular flexibility index (Phi) is 5.08. The van der Waals surface area contributed by atoms with Crippen molar-refractivity contribution in [2.24, 2.45) is 5.14 Å². The minimum atomic E-state index is -3.67. The number of hydrogen-bond donors (Lipinski definition) is 2. The number of anilines is 1. The Morgan fingerprint density at radius 1 is 1.33 bits per heavy atom. The van der Waals surface area contributed by atoms with Gasteiger partial charge in [0.05, 0.1) is 4.90 Å². The van der Waals surface area contributed by atoms with Crippen molar-refractivity contribution in [2.45, 2.75) is 31.3 Å². The Balaban J connectivity index is 2.06. The van der Waals surface area contributed by atoms with Gasteiger partial charge >= 0.3 is 0 Å². The number of sulfonamides is 1. The van der Waals surface area contributed by atoms with E-state index in [1.54, 1.807) is 6.07 Å². The number of aromatic nitrogens is 1. The van der Waals surface area contributed by atoms with E-state index in [1.165, 1.54) is 17.7 Å². The molecule has 21 heavy (non-hydrogen) atoms. The van der Waals surface area contributed by atoms with Crippen molar-refractivity contribution in [1.82, 2.24) is 4.57 Å². The van der Waals surface area contributed by atoms with Crippen LogP contribution in [-0.4, -0.2) is 13.0 Å². The zero-order valence-electron chi connectivity index (χ0n) is 11.7. The van der Waals surface area contributed by atoms with Gasteiger partial charge in [0.15, 0.2) is 0 Å². The van der Waals surface area contributed by atoms with Crippen molar-refractivity contribution in [2.75, 3.05) is 5.32 Å². The lowest BCUT2D eigenvalue weighted by atomic mass is 10.3. The molecule has 0 spiro atoms. The van der Waals surface area contributed by atoms with E-state index in [9.17, 15) is 8.42 Å². The third-order valence-corrected chi connectivity index (χ3v) is 4.61. The highest BCUT2D eigenvalue weighted by Crippen LogP contribution is 2.25.